The number of carbonyl (C=O) groups is 1. The molecule has 1 rings (SSSR count). The molecule has 1 heterocycles. The van der Waals surface area contributed by atoms with Crippen LogP contribution in [0.15, 0.2) is 6.07 Å². The Labute approximate surface area is 97.3 Å². The summed E-state index contributed by atoms with van der Waals surface area (Å²) in [5.74, 6) is -0.630. The summed E-state index contributed by atoms with van der Waals surface area (Å²) in [4.78, 5) is 15.3. The highest BCUT2D eigenvalue weighted by Gasteiger charge is 2.18. The van der Waals surface area contributed by atoms with Crippen molar-refractivity contribution in [2.45, 2.75) is 20.0 Å². The van der Waals surface area contributed by atoms with Crippen molar-refractivity contribution in [1.29, 1.82) is 0 Å². The van der Waals surface area contributed by atoms with Gasteiger partial charge in [0, 0.05) is 0 Å². The summed E-state index contributed by atoms with van der Waals surface area (Å²) in [6.45, 7) is 3.46. The average Bonchev–Trinajstić information content (AvgIpc) is 1.99. The maximum Gasteiger partial charge on any atom is 0.343 e. The summed E-state index contributed by atoms with van der Waals surface area (Å²) < 4.78 is 4.95. The number of ether oxygens (including phenoxy) is 1. The molecule has 0 fully saturated rings. The van der Waals surface area contributed by atoms with Crippen molar-refractivity contribution < 1.29 is 9.53 Å². The minimum atomic E-state index is -0.600. The SMILES string of the molecule is CC(C)OC(=O)c1c(Cl)cc(Cl)nc1N. The van der Waals surface area contributed by atoms with E-state index in [0.29, 0.717) is 0 Å². The zero-order valence-electron chi connectivity index (χ0n) is 8.25. The van der Waals surface area contributed by atoms with Gasteiger partial charge in [-0.15, -0.1) is 0 Å². The summed E-state index contributed by atoms with van der Waals surface area (Å²) in [6.07, 6.45) is -0.247. The second kappa shape index (κ2) is 4.68. The molecule has 0 atom stereocenters. The summed E-state index contributed by atoms with van der Waals surface area (Å²) >= 11 is 11.4. The fourth-order valence-corrected chi connectivity index (χ4v) is 1.51. The van der Waals surface area contributed by atoms with E-state index in [1.807, 2.05) is 0 Å². The molecule has 0 saturated carbocycles. The van der Waals surface area contributed by atoms with Crippen LogP contribution in [0.3, 0.4) is 0 Å². The van der Waals surface area contributed by atoms with E-state index >= 15 is 0 Å². The van der Waals surface area contributed by atoms with E-state index in [1.165, 1.54) is 6.07 Å². The van der Waals surface area contributed by atoms with Gasteiger partial charge in [-0.1, -0.05) is 23.2 Å². The minimum Gasteiger partial charge on any atom is -0.459 e. The lowest BCUT2D eigenvalue weighted by atomic mass is 10.2. The number of aromatic nitrogens is 1. The van der Waals surface area contributed by atoms with Crippen LogP contribution in [0.2, 0.25) is 10.2 Å². The third-order valence-electron chi connectivity index (χ3n) is 1.51. The van der Waals surface area contributed by atoms with Crippen LogP contribution in [0.4, 0.5) is 5.82 Å². The first kappa shape index (κ1) is 12.1. The summed E-state index contributed by atoms with van der Waals surface area (Å²) in [5.41, 5.74) is 5.57. The fourth-order valence-electron chi connectivity index (χ4n) is 0.977. The van der Waals surface area contributed by atoms with Crippen molar-refractivity contribution in [3.8, 4) is 0 Å². The lowest BCUT2D eigenvalue weighted by Crippen LogP contribution is -2.14. The predicted octanol–water partition coefficient (Wildman–Crippen LogP) is 2.54. The van der Waals surface area contributed by atoms with Crippen molar-refractivity contribution >= 4 is 35.0 Å². The molecule has 0 saturated heterocycles. The van der Waals surface area contributed by atoms with Crippen LogP contribution >= 0.6 is 23.2 Å². The molecule has 1 aromatic rings. The van der Waals surface area contributed by atoms with Crippen molar-refractivity contribution in [3.05, 3.63) is 21.8 Å². The first-order chi connectivity index (χ1) is 6.91. The smallest absolute Gasteiger partial charge is 0.343 e. The van der Waals surface area contributed by atoms with Crippen molar-refractivity contribution in [2.75, 3.05) is 5.73 Å². The third kappa shape index (κ3) is 2.97. The van der Waals surface area contributed by atoms with E-state index in [0.717, 1.165) is 0 Å². The molecule has 0 aliphatic rings. The largest absolute Gasteiger partial charge is 0.459 e. The number of hydrogen-bond donors (Lipinski definition) is 1. The van der Waals surface area contributed by atoms with Gasteiger partial charge >= 0.3 is 5.97 Å². The highest BCUT2D eigenvalue weighted by atomic mass is 35.5. The minimum absolute atomic E-state index is 0.0295. The number of carbonyl (C=O) groups excluding carboxylic acids is 1. The summed E-state index contributed by atoms with van der Waals surface area (Å²) in [5, 5.41) is 0.275. The Morgan fingerprint density at radius 2 is 2.13 bits per heavy atom. The molecule has 2 N–H and O–H groups in total. The number of hydrogen-bond acceptors (Lipinski definition) is 4. The van der Waals surface area contributed by atoms with Gasteiger partial charge in [0.25, 0.3) is 0 Å². The molecule has 0 spiro atoms. The number of pyridine rings is 1. The van der Waals surface area contributed by atoms with Gasteiger partial charge in [0.2, 0.25) is 0 Å². The fraction of sp³-hybridized carbons (Fsp3) is 0.333. The molecule has 0 radical (unpaired) electrons. The van der Waals surface area contributed by atoms with E-state index in [1.54, 1.807) is 13.8 Å². The van der Waals surface area contributed by atoms with Gasteiger partial charge in [-0.25, -0.2) is 9.78 Å². The highest BCUT2D eigenvalue weighted by Crippen LogP contribution is 2.25. The lowest BCUT2D eigenvalue weighted by Gasteiger charge is -2.10. The quantitative estimate of drug-likeness (QED) is 0.646. The second-order valence-electron chi connectivity index (χ2n) is 3.14. The molecule has 82 valence electrons. The van der Waals surface area contributed by atoms with Crippen molar-refractivity contribution in [1.82, 2.24) is 4.98 Å². The summed E-state index contributed by atoms with van der Waals surface area (Å²) in [7, 11) is 0. The van der Waals surface area contributed by atoms with E-state index in [4.69, 9.17) is 33.7 Å². The number of nitrogens with zero attached hydrogens (tertiary/aromatic N) is 1. The van der Waals surface area contributed by atoms with Gasteiger partial charge in [-0.2, -0.15) is 0 Å². The standard InChI is InChI=1S/C9H10Cl2N2O2/c1-4(2)15-9(14)7-5(10)3-6(11)13-8(7)12/h3-4H,1-2H3,(H2,12,13). The van der Waals surface area contributed by atoms with Crippen LogP contribution in [0.1, 0.15) is 24.2 Å². The molecule has 0 amide bonds. The second-order valence-corrected chi connectivity index (χ2v) is 3.94. The van der Waals surface area contributed by atoms with Gasteiger partial charge < -0.3 is 10.5 Å². The zero-order valence-corrected chi connectivity index (χ0v) is 9.76. The first-order valence-corrected chi connectivity index (χ1v) is 5.00. The van der Waals surface area contributed by atoms with Crippen LogP contribution in [-0.2, 0) is 4.74 Å². The molecule has 6 heteroatoms. The molecule has 0 aromatic carbocycles. The van der Waals surface area contributed by atoms with Crippen LogP contribution in [0.5, 0.6) is 0 Å². The maximum absolute atomic E-state index is 11.5. The van der Waals surface area contributed by atoms with Crippen LogP contribution in [0.25, 0.3) is 0 Å². The number of esters is 1. The van der Waals surface area contributed by atoms with Gasteiger partial charge in [0.1, 0.15) is 16.5 Å². The van der Waals surface area contributed by atoms with E-state index in [2.05, 4.69) is 4.98 Å². The van der Waals surface area contributed by atoms with Crippen LogP contribution < -0.4 is 5.73 Å². The highest BCUT2D eigenvalue weighted by molar-refractivity contribution is 6.36. The Hall–Kier alpha value is -1.00. The van der Waals surface area contributed by atoms with Crippen molar-refractivity contribution in [3.63, 3.8) is 0 Å². The van der Waals surface area contributed by atoms with Crippen LogP contribution in [-0.4, -0.2) is 17.1 Å². The third-order valence-corrected chi connectivity index (χ3v) is 2.01. The Bertz CT molecular complexity index is 371. The van der Waals surface area contributed by atoms with E-state index < -0.39 is 5.97 Å². The average molecular weight is 249 g/mol. The van der Waals surface area contributed by atoms with Gasteiger partial charge in [-0.3, -0.25) is 0 Å². The Kier molecular flexibility index (Phi) is 3.77. The Balaban J connectivity index is 3.09. The molecule has 0 aliphatic heterocycles. The molecular formula is C9H10Cl2N2O2. The first-order valence-electron chi connectivity index (χ1n) is 4.24. The van der Waals surface area contributed by atoms with Gasteiger partial charge in [0.05, 0.1) is 11.1 Å². The number of rotatable bonds is 2. The van der Waals surface area contributed by atoms with Crippen molar-refractivity contribution in [2.24, 2.45) is 0 Å². The summed E-state index contributed by atoms with van der Waals surface area (Å²) in [6, 6.07) is 1.34. The normalized spacial score (nSPS) is 10.5. The molecule has 15 heavy (non-hydrogen) atoms. The Morgan fingerprint density at radius 1 is 1.53 bits per heavy atom. The van der Waals surface area contributed by atoms with Gasteiger partial charge in [-0.05, 0) is 19.9 Å². The van der Waals surface area contributed by atoms with Crippen LogP contribution in [0, 0.1) is 0 Å². The predicted molar refractivity (Wildman–Crippen MR) is 59.2 cm³/mol. The number of halogens is 2. The molecule has 4 nitrogen and oxygen atoms in total. The number of anilines is 1. The molecular weight excluding hydrogens is 239 g/mol. The molecule has 0 unspecified atom stereocenters. The molecule has 0 aliphatic carbocycles. The monoisotopic (exact) mass is 248 g/mol. The molecule has 1 aromatic heterocycles. The lowest BCUT2D eigenvalue weighted by molar-refractivity contribution is 0.0379. The van der Waals surface area contributed by atoms with Gasteiger partial charge in [0.15, 0.2) is 0 Å². The number of nitrogen functional groups attached to an aromatic ring is 1. The zero-order chi connectivity index (χ0) is 11.6. The topological polar surface area (TPSA) is 65.2 Å². The molecule has 0 bridgehead atoms. The van der Waals surface area contributed by atoms with E-state index in [-0.39, 0.29) is 27.7 Å². The number of nitrogens with two attached hydrogens (primary N) is 1. The maximum atomic E-state index is 11.5. The Morgan fingerprint density at radius 3 is 2.60 bits per heavy atom. The van der Waals surface area contributed by atoms with E-state index in [9.17, 15) is 4.79 Å².